The Labute approximate surface area is 172 Å². The maximum atomic E-state index is 5.96. The van der Waals surface area contributed by atoms with Gasteiger partial charge in [-0.05, 0) is 43.4 Å². The van der Waals surface area contributed by atoms with E-state index in [0.29, 0.717) is 11.2 Å². The van der Waals surface area contributed by atoms with Crippen LogP contribution >= 0.6 is 23.8 Å². The van der Waals surface area contributed by atoms with Crippen LogP contribution in [0.15, 0.2) is 54.6 Å². The van der Waals surface area contributed by atoms with E-state index in [1.54, 1.807) is 9.80 Å². The van der Waals surface area contributed by atoms with Crippen molar-refractivity contribution in [3.05, 3.63) is 65.2 Å². The zero-order valence-corrected chi connectivity index (χ0v) is 17.5. The molecule has 6 heteroatoms. The van der Waals surface area contributed by atoms with Crippen molar-refractivity contribution in [3.8, 4) is 0 Å². The summed E-state index contributed by atoms with van der Waals surface area (Å²) in [5, 5.41) is 8.14. The van der Waals surface area contributed by atoms with Gasteiger partial charge in [0.15, 0.2) is 5.11 Å². The Balaban J connectivity index is 1.69. The van der Waals surface area contributed by atoms with Gasteiger partial charge in [-0.1, -0.05) is 41.9 Å². The summed E-state index contributed by atoms with van der Waals surface area (Å²) in [6.07, 6.45) is 0. The molecular weight excluding hydrogens is 376 g/mol. The summed E-state index contributed by atoms with van der Waals surface area (Å²) >= 11 is 11.5. The lowest BCUT2D eigenvalue weighted by atomic mass is 9.98. The second-order valence-electron chi connectivity index (χ2n) is 7.40. The standard InChI is InChI=1S/C21H27ClN4S/c1-16(23-21(27)24-19-10-8-18(22)9-11-19)20(17-6-4-3-5-7-17)26-14-12-25(2)13-15-26/h3-11,16,20H,12-15H2,1-2H3,(H2,23,24,27)/p+2/t16-,20+/m1/s1. The molecule has 0 bridgehead atoms. The van der Waals surface area contributed by atoms with Crippen LogP contribution in [0.25, 0.3) is 0 Å². The first-order valence-electron chi connectivity index (χ1n) is 9.57. The van der Waals surface area contributed by atoms with Crippen LogP contribution in [0.4, 0.5) is 5.69 Å². The molecule has 3 rings (SSSR count). The highest BCUT2D eigenvalue weighted by molar-refractivity contribution is 7.80. The van der Waals surface area contributed by atoms with E-state index in [0.717, 1.165) is 10.7 Å². The minimum absolute atomic E-state index is 0.216. The third-order valence-corrected chi connectivity index (χ3v) is 5.78. The second kappa shape index (κ2) is 9.51. The molecule has 4 N–H and O–H groups in total. The van der Waals surface area contributed by atoms with Gasteiger partial charge in [0.05, 0.1) is 13.1 Å². The number of anilines is 1. The van der Waals surface area contributed by atoms with Gasteiger partial charge < -0.3 is 20.4 Å². The molecule has 1 fully saturated rings. The molecule has 2 aromatic carbocycles. The molecule has 144 valence electrons. The van der Waals surface area contributed by atoms with E-state index < -0.39 is 0 Å². The van der Waals surface area contributed by atoms with Gasteiger partial charge in [0.25, 0.3) is 0 Å². The number of piperazine rings is 1. The van der Waals surface area contributed by atoms with Crippen LogP contribution in [0.2, 0.25) is 5.02 Å². The number of likely N-dealkylation sites (N-methyl/N-ethyl adjacent to an activating group) is 1. The van der Waals surface area contributed by atoms with E-state index in [2.05, 4.69) is 54.9 Å². The summed E-state index contributed by atoms with van der Waals surface area (Å²) in [5.74, 6) is 0. The number of rotatable bonds is 5. The number of halogens is 1. The van der Waals surface area contributed by atoms with Crippen molar-refractivity contribution in [1.29, 1.82) is 0 Å². The average molecular weight is 405 g/mol. The fourth-order valence-corrected chi connectivity index (χ4v) is 4.27. The van der Waals surface area contributed by atoms with Gasteiger partial charge in [0.1, 0.15) is 32.2 Å². The minimum Gasteiger partial charge on any atom is -0.354 e. The predicted molar refractivity (Wildman–Crippen MR) is 117 cm³/mol. The second-order valence-corrected chi connectivity index (χ2v) is 8.24. The van der Waals surface area contributed by atoms with E-state index in [-0.39, 0.29) is 6.04 Å². The van der Waals surface area contributed by atoms with Crippen LogP contribution < -0.4 is 20.4 Å². The highest BCUT2D eigenvalue weighted by atomic mass is 35.5. The van der Waals surface area contributed by atoms with Crippen LogP contribution in [0, 0.1) is 0 Å². The number of thiocarbonyl (C=S) groups is 1. The summed E-state index contributed by atoms with van der Waals surface area (Å²) in [5.41, 5.74) is 2.30. The van der Waals surface area contributed by atoms with E-state index in [1.165, 1.54) is 31.7 Å². The number of hydrogen-bond donors (Lipinski definition) is 4. The number of quaternary nitrogens is 2. The Hall–Kier alpha value is -1.66. The largest absolute Gasteiger partial charge is 0.354 e. The van der Waals surface area contributed by atoms with Gasteiger partial charge in [-0.3, -0.25) is 0 Å². The number of benzene rings is 2. The fraction of sp³-hybridized carbons (Fsp3) is 0.381. The van der Waals surface area contributed by atoms with E-state index in [1.807, 2.05) is 24.3 Å². The van der Waals surface area contributed by atoms with Crippen molar-refractivity contribution in [2.24, 2.45) is 0 Å². The number of hydrogen-bond acceptors (Lipinski definition) is 1. The third kappa shape index (κ3) is 5.66. The third-order valence-electron chi connectivity index (χ3n) is 5.31. The molecule has 0 aromatic heterocycles. The molecule has 1 saturated heterocycles. The van der Waals surface area contributed by atoms with Crippen LogP contribution in [0.3, 0.4) is 0 Å². The van der Waals surface area contributed by atoms with Crippen molar-refractivity contribution in [3.63, 3.8) is 0 Å². The van der Waals surface area contributed by atoms with Crippen LogP contribution in [-0.2, 0) is 0 Å². The van der Waals surface area contributed by atoms with Crippen molar-refractivity contribution in [1.82, 2.24) is 5.32 Å². The summed E-state index contributed by atoms with van der Waals surface area (Å²) in [4.78, 5) is 3.24. The lowest BCUT2D eigenvalue weighted by molar-refractivity contribution is -1.02. The lowest BCUT2D eigenvalue weighted by Gasteiger charge is -2.37. The van der Waals surface area contributed by atoms with Gasteiger partial charge in [0.2, 0.25) is 0 Å². The maximum Gasteiger partial charge on any atom is 0.171 e. The van der Waals surface area contributed by atoms with Gasteiger partial charge in [-0.2, -0.15) is 0 Å². The van der Waals surface area contributed by atoms with Gasteiger partial charge in [0, 0.05) is 16.3 Å². The molecule has 0 aliphatic carbocycles. The Morgan fingerprint density at radius 2 is 1.63 bits per heavy atom. The van der Waals surface area contributed by atoms with Gasteiger partial charge >= 0.3 is 0 Å². The summed E-state index contributed by atoms with van der Waals surface area (Å²) in [6.45, 7) is 6.99. The van der Waals surface area contributed by atoms with Crippen molar-refractivity contribution in [2.45, 2.75) is 19.0 Å². The zero-order valence-electron chi connectivity index (χ0n) is 16.0. The Kier molecular flexibility index (Phi) is 7.07. The van der Waals surface area contributed by atoms with Gasteiger partial charge in [-0.25, -0.2) is 0 Å². The molecular formula is C21H29ClN4S+2. The monoisotopic (exact) mass is 404 g/mol. The normalized spacial score (nSPS) is 21.9. The molecule has 27 heavy (non-hydrogen) atoms. The highest BCUT2D eigenvalue weighted by Gasteiger charge is 2.33. The maximum absolute atomic E-state index is 5.96. The van der Waals surface area contributed by atoms with E-state index >= 15 is 0 Å². The summed E-state index contributed by atoms with van der Waals surface area (Å²) in [7, 11) is 2.28. The molecule has 1 aliphatic heterocycles. The van der Waals surface area contributed by atoms with Crippen LogP contribution in [-0.4, -0.2) is 44.4 Å². The molecule has 4 nitrogen and oxygen atoms in total. The summed E-state index contributed by atoms with van der Waals surface area (Å²) < 4.78 is 0. The van der Waals surface area contributed by atoms with E-state index in [9.17, 15) is 0 Å². The highest BCUT2D eigenvalue weighted by Crippen LogP contribution is 2.16. The Bertz CT molecular complexity index is 730. The van der Waals surface area contributed by atoms with Gasteiger partial charge in [-0.15, -0.1) is 0 Å². The smallest absolute Gasteiger partial charge is 0.171 e. The quantitative estimate of drug-likeness (QED) is 0.565. The van der Waals surface area contributed by atoms with Crippen molar-refractivity contribution < 1.29 is 9.80 Å². The van der Waals surface area contributed by atoms with E-state index in [4.69, 9.17) is 23.8 Å². The Morgan fingerprint density at radius 1 is 1.00 bits per heavy atom. The van der Waals surface area contributed by atoms with Crippen molar-refractivity contribution >= 4 is 34.6 Å². The molecule has 0 amide bonds. The molecule has 0 saturated carbocycles. The molecule has 1 aliphatic rings. The summed E-state index contributed by atoms with van der Waals surface area (Å²) in [6, 6.07) is 19.0. The van der Waals surface area contributed by atoms with Crippen molar-refractivity contribution in [2.75, 3.05) is 38.5 Å². The fourth-order valence-electron chi connectivity index (χ4n) is 3.84. The van der Waals surface area contributed by atoms with Crippen LogP contribution in [0.5, 0.6) is 0 Å². The number of nitrogens with one attached hydrogen (secondary N) is 4. The first-order valence-corrected chi connectivity index (χ1v) is 10.4. The SMILES string of the molecule is C[C@@H](NC(=S)Nc1ccc(Cl)cc1)[C@@H](c1ccccc1)[NH+]1CC[NH+](C)CC1. The lowest BCUT2D eigenvalue weighted by Crippen LogP contribution is -3.27. The molecule has 2 aromatic rings. The molecule has 0 unspecified atom stereocenters. The predicted octanol–water partition coefficient (Wildman–Crippen LogP) is 1.17. The molecule has 2 atom stereocenters. The zero-order chi connectivity index (χ0) is 19.2. The first-order chi connectivity index (χ1) is 13.0. The first kappa shape index (κ1) is 20.1. The Morgan fingerprint density at radius 3 is 2.26 bits per heavy atom. The molecule has 1 heterocycles. The molecule has 0 spiro atoms. The average Bonchev–Trinajstić information content (AvgIpc) is 2.66. The molecule has 0 radical (unpaired) electrons. The van der Waals surface area contributed by atoms with Crippen LogP contribution in [0.1, 0.15) is 18.5 Å². The minimum atomic E-state index is 0.216. The topological polar surface area (TPSA) is 32.9 Å².